The predicted molar refractivity (Wildman–Crippen MR) is 127 cm³/mol. The number of thiazole rings is 1. The van der Waals surface area contributed by atoms with E-state index in [2.05, 4.69) is 42.1 Å². The molecule has 0 saturated carbocycles. The molecule has 0 saturated heterocycles. The smallest absolute Gasteiger partial charge is 0.206 e. The van der Waals surface area contributed by atoms with Crippen LogP contribution in [0.1, 0.15) is 12.5 Å². The maximum atomic E-state index is 5.59. The second-order valence-corrected chi connectivity index (χ2v) is 8.29. The minimum Gasteiger partial charge on any atom is -0.497 e. The van der Waals surface area contributed by atoms with Gasteiger partial charge in [-0.15, -0.1) is 23.1 Å². The first-order chi connectivity index (χ1) is 14.5. The molecular weight excluding hydrogens is 414 g/mol. The van der Waals surface area contributed by atoms with Crippen molar-refractivity contribution < 1.29 is 9.47 Å². The molecule has 1 aromatic heterocycles. The molecule has 0 radical (unpaired) electrons. The van der Waals surface area contributed by atoms with Crippen molar-refractivity contribution >= 4 is 29.3 Å². The quantitative estimate of drug-likeness (QED) is 0.271. The van der Waals surface area contributed by atoms with Crippen LogP contribution in [0.25, 0.3) is 11.3 Å². The van der Waals surface area contributed by atoms with Gasteiger partial charge in [0.05, 0.1) is 32.7 Å². The topological polar surface area (TPSA) is 48.1 Å². The third kappa shape index (κ3) is 5.23. The number of aromatic nitrogens is 1. The fourth-order valence-corrected chi connectivity index (χ4v) is 3.97. The van der Waals surface area contributed by atoms with Gasteiger partial charge < -0.3 is 9.47 Å². The number of nitrogens with zero attached hydrogens (tertiary/aromatic N) is 3. The molecular formula is C23H25N3O2S2. The van der Waals surface area contributed by atoms with Crippen LogP contribution in [-0.2, 0) is 0 Å². The van der Waals surface area contributed by atoms with Gasteiger partial charge in [-0.2, -0.15) is 5.10 Å². The molecule has 0 amide bonds. The van der Waals surface area contributed by atoms with Gasteiger partial charge in [-0.3, -0.25) is 4.99 Å². The Bertz CT molecular complexity index is 1110. The molecule has 0 spiro atoms. The van der Waals surface area contributed by atoms with Gasteiger partial charge in [0.2, 0.25) is 4.80 Å². The highest BCUT2D eigenvalue weighted by Crippen LogP contribution is 2.33. The molecule has 2 aromatic carbocycles. The van der Waals surface area contributed by atoms with Crippen LogP contribution in [0, 0.1) is 0 Å². The predicted octanol–water partition coefficient (Wildman–Crippen LogP) is 5.31. The first-order valence-electron chi connectivity index (χ1n) is 9.32. The first kappa shape index (κ1) is 21.9. The molecule has 0 aliphatic rings. The van der Waals surface area contributed by atoms with Crippen LogP contribution in [0.5, 0.6) is 11.5 Å². The van der Waals surface area contributed by atoms with Crippen LogP contribution in [-0.4, -0.2) is 37.9 Å². The molecule has 0 fully saturated rings. The van der Waals surface area contributed by atoms with E-state index in [1.54, 1.807) is 26.0 Å². The van der Waals surface area contributed by atoms with Gasteiger partial charge in [0.25, 0.3) is 0 Å². The zero-order valence-electron chi connectivity index (χ0n) is 17.6. The molecule has 1 heterocycles. The molecule has 0 bridgehead atoms. The van der Waals surface area contributed by atoms with Crippen LogP contribution in [0.4, 0.5) is 0 Å². The minimum absolute atomic E-state index is 0.549. The van der Waals surface area contributed by atoms with Crippen molar-refractivity contribution in [3.8, 4) is 22.8 Å². The van der Waals surface area contributed by atoms with Gasteiger partial charge in [0.15, 0.2) is 0 Å². The molecule has 0 atom stereocenters. The Labute approximate surface area is 185 Å². The summed E-state index contributed by atoms with van der Waals surface area (Å²) in [5.74, 6) is 1.49. The average Bonchev–Trinajstić information content (AvgIpc) is 3.18. The van der Waals surface area contributed by atoms with E-state index in [-0.39, 0.29) is 0 Å². The van der Waals surface area contributed by atoms with Crippen LogP contribution < -0.4 is 14.3 Å². The summed E-state index contributed by atoms with van der Waals surface area (Å²) >= 11 is 3.24. The fraction of sp³-hybridized carbons (Fsp3) is 0.217. The van der Waals surface area contributed by atoms with Crippen molar-refractivity contribution in [3.05, 3.63) is 70.4 Å². The summed E-state index contributed by atoms with van der Waals surface area (Å²) in [5.41, 5.74) is 3.78. The van der Waals surface area contributed by atoms with Gasteiger partial charge >= 0.3 is 0 Å². The molecule has 156 valence electrons. The van der Waals surface area contributed by atoms with E-state index in [1.165, 1.54) is 16.2 Å². The van der Waals surface area contributed by atoms with Gasteiger partial charge in [0, 0.05) is 15.8 Å². The lowest BCUT2D eigenvalue weighted by atomic mass is 10.1. The molecule has 3 rings (SSSR count). The molecule has 30 heavy (non-hydrogen) atoms. The second kappa shape index (κ2) is 10.3. The number of hydrogen-bond donors (Lipinski definition) is 0. The summed E-state index contributed by atoms with van der Waals surface area (Å²) in [5, 5.41) is 6.78. The van der Waals surface area contributed by atoms with E-state index in [4.69, 9.17) is 14.6 Å². The molecule has 0 aliphatic heterocycles. The van der Waals surface area contributed by atoms with Crippen molar-refractivity contribution in [2.24, 2.45) is 10.1 Å². The molecule has 0 N–H and O–H groups in total. The SMILES string of the molecule is C=C(C)CN=c1scc(-c2cc(OC)ccc2OC)n1N=Cc1ccc(SC)cc1. The van der Waals surface area contributed by atoms with Crippen molar-refractivity contribution in [2.45, 2.75) is 11.8 Å². The van der Waals surface area contributed by atoms with E-state index in [1.807, 2.05) is 41.4 Å². The lowest BCUT2D eigenvalue weighted by molar-refractivity contribution is 0.404. The van der Waals surface area contributed by atoms with Crippen molar-refractivity contribution in [3.63, 3.8) is 0 Å². The van der Waals surface area contributed by atoms with E-state index < -0.39 is 0 Å². The standard InChI is InChI=1S/C23H25N3O2S2/c1-16(2)13-24-23-26(25-14-17-6-9-19(29-5)10-7-17)21(15-30-23)20-12-18(27-3)8-11-22(20)28-4/h6-12,14-15H,1,13H2,2-5H3. The molecule has 0 unspecified atom stereocenters. The van der Waals surface area contributed by atoms with Gasteiger partial charge in [0.1, 0.15) is 11.5 Å². The van der Waals surface area contributed by atoms with Gasteiger partial charge in [-0.25, -0.2) is 4.68 Å². The van der Waals surface area contributed by atoms with Gasteiger partial charge in [-0.05, 0) is 49.1 Å². The first-order valence-corrected chi connectivity index (χ1v) is 11.4. The minimum atomic E-state index is 0.549. The van der Waals surface area contributed by atoms with Crippen LogP contribution >= 0.6 is 23.1 Å². The highest BCUT2D eigenvalue weighted by atomic mass is 32.2. The van der Waals surface area contributed by atoms with Crippen molar-refractivity contribution in [2.75, 3.05) is 27.0 Å². The van der Waals surface area contributed by atoms with E-state index in [0.717, 1.165) is 38.7 Å². The van der Waals surface area contributed by atoms with E-state index in [9.17, 15) is 0 Å². The maximum absolute atomic E-state index is 5.59. The number of hydrogen-bond acceptors (Lipinski definition) is 6. The normalized spacial score (nSPS) is 11.8. The lowest BCUT2D eigenvalue weighted by Gasteiger charge is -2.11. The lowest BCUT2D eigenvalue weighted by Crippen LogP contribution is -2.13. The van der Waals surface area contributed by atoms with E-state index >= 15 is 0 Å². The largest absolute Gasteiger partial charge is 0.497 e. The zero-order chi connectivity index (χ0) is 21.5. The Kier molecular flexibility index (Phi) is 7.54. The number of thioether (sulfide) groups is 1. The number of benzene rings is 2. The Hall–Kier alpha value is -2.77. The monoisotopic (exact) mass is 439 g/mol. The van der Waals surface area contributed by atoms with Crippen molar-refractivity contribution in [1.29, 1.82) is 0 Å². The molecule has 0 aliphatic carbocycles. The van der Waals surface area contributed by atoms with Crippen LogP contribution in [0.3, 0.4) is 0 Å². The zero-order valence-corrected chi connectivity index (χ0v) is 19.2. The van der Waals surface area contributed by atoms with Crippen LogP contribution in [0.15, 0.2) is 75.0 Å². The number of rotatable bonds is 8. The van der Waals surface area contributed by atoms with Gasteiger partial charge in [-0.1, -0.05) is 24.3 Å². The molecule has 7 heteroatoms. The summed E-state index contributed by atoms with van der Waals surface area (Å²) in [6.07, 6.45) is 3.90. The Morgan fingerprint density at radius 2 is 1.93 bits per heavy atom. The Morgan fingerprint density at radius 3 is 2.57 bits per heavy atom. The Morgan fingerprint density at radius 1 is 1.17 bits per heavy atom. The fourth-order valence-electron chi connectivity index (χ4n) is 2.74. The van der Waals surface area contributed by atoms with E-state index in [0.29, 0.717) is 6.54 Å². The summed E-state index contributed by atoms with van der Waals surface area (Å²) in [7, 11) is 3.31. The van der Waals surface area contributed by atoms with Crippen LogP contribution in [0.2, 0.25) is 0 Å². The average molecular weight is 440 g/mol. The number of methoxy groups -OCH3 is 2. The summed E-state index contributed by atoms with van der Waals surface area (Å²) in [6.45, 7) is 6.46. The third-order valence-corrected chi connectivity index (χ3v) is 5.89. The maximum Gasteiger partial charge on any atom is 0.206 e. The van der Waals surface area contributed by atoms with Crippen molar-refractivity contribution in [1.82, 2.24) is 4.68 Å². The summed E-state index contributed by atoms with van der Waals surface area (Å²) in [6, 6.07) is 14.0. The second-order valence-electron chi connectivity index (χ2n) is 6.57. The summed E-state index contributed by atoms with van der Waals surface area (Å²) in [4.78, 5) is 6.69. The highest BCUT2D eigenvalue weighted by molar-refractivity contribution is 7.98. The Balaban J connectivity index is 2.11. The third-order valence-electron chi connectivity index (χ3n) is 4.29. The number of ether oxygens (including phenoxy) is 2. The molecule has 3 aromatic rings. The molecule has 5 nitrogen and oxygen atoms in total. The highest BCUT2D eigenvalue weighted by Gasteiger charge is 2.14. The summed E-state index contributed by atoms with van der Waals surface area (Å²) < 4.78 is 12.8.